The van der Waals surface area contributed by atoms with Gasteiger partial charge in [0, 0.05) is 23.4 Å². The lowest BCUT2D eigenvalue weighted by Gasteiger charge is -2.12. The molecule has 0 heterocycles. The van der Waals surface area contributed by atoms with Crippen molar-refractivity contribution in [3.05, 3.63) is 48.5 Å². The van der Waals surface area contributed by atoms with Gasteiger partial charge in [0.15, 0.2) is 0 Å². The summed E-state index contributed by atoms with van der Waals surface area (Å²) >= 11 is 0. The first-order valence-corrected chi connectivity index (χ1v) is 5.82. The molecule has 0 aliphatic carbocycles. The zero-order chi connectivity index (χ0) is 12.3. The molecule has 2 aromatic carbocycles. The number of benzene rings is 2. The molecule has 17 heavy (non-hydrogen) atoms. The molecule has 0 amide bonds. The van der Waals surface area contributed by atoms with E-state index in [0.29, 0.717) is 11.8 Å². The number of anilines is 1. The van der Waals surface area contributed by atoms with Gasteiger partial charge in [0.25, 0.3) is 0 Å². The van der Waals surface area contributed by atoms with Crippen LogP contribution in [0.3, 0.4) is 0 Å². The Morgan fingerprint density at radius 2 is 1.71 bits per heavy atom. The summed E-state index contributed by atoms with van der Waals surface area (Å²) in [5.74, 6) is 0.307. The topological polar surface area (TPSA) is 32.3 Å². The second-order valence-electron chi connectivity index (χ2n) is 4.40. The Morgan fingerprint density at radius 3 is 2.29 bits per heavy atom. The molecule has 0 spiro atoms. The first-order valence-electron chi connectivity index (χ1n) is 5.82. The summed E-state index contributed by atoms with van der Waals surface area (Å²) in [6.45, 7) is 4.14. The van der Waals surface area contributed by atoms with Crippen molar-refractivity contribution in [3.63, 3.8) is 0 Å². The number of hydrogen-bond acceptors (Lipinski definition) is 2. The van der Waals surface area contributed by atoms with Gasteiger partial charge in [-0.05, 0) is 31.5 Å². The average molecular weight is 227 g/mol. The summed E-state index contributed by atoms with van der Waals surface area (Å²) < 4.78 is 0. The molecule has 2 heteroatoms. The third kappa shape index (κ3) is 2.78. The zero-order valence-electron chi connectivity index (χ0n) is 10.1. The number of aromatic hydroxyl groups is 1. The van der Waals surface area contributed by atoms with Crippen molar-refractivity contribution in [2.24, 2.45) is 0 Å². The molecule has 0 saturated heterocycles. The Kier molecular flexibility index (Phi) is 3.33. The highest BCUT2D eigenvalue weighted by molar-refractivity contribution is 5.72. The Hall–Kier alpha value is -1.96. The molecular formula is C15H17NO. The number of nitrogens with one attached hydrogen (secondary N) is 1. The molecule has 2 nitrogen and oxygen atoms in total. The summed E-state index contributed by atoms with van der Waals surface area (Å²) in [4.78, 5) is 0. The van der Waals surface area contributed by atoms with E-state index in [0.717, 1.165) is 16.8 Å². The van der Waals surface area contributed by atoms with E-state index < -0.39 is 0 Å². The molecule has 0 bridgehead atoms. The monoisotopic (exact) mass is 227 g/mol. The van der Waals surface area contributed by atoms with Crippen LogP contribution in [0.25, 0.3) is 11.1 Å². The molecule has 0 aromatic heterocycles. The van der Waals surface area contributed by atoms with Gasteiger partial charge in [-0.3, -0.25) is 0 Å². The highest BCUT2D eigenvalue weighted by atomic mass is 16.3. The lowest BCUT2D eigenvalue weighted by Crippen LogP contribution is -2.09. The van der Waals surface area contributed by atoms with Crippen LogP contribution in [0.1, 0.15) is 13.8 Å². The van der Waals surface area contributed by atoms with E-state index in [4.69, 9.17) is 0 Å². The maximum absolute atomic E-state index is 10.0. The van der Waals surface area contributed by atoms with Gasteiger partial charge < -0.3 is 10.4 Å². The maximum atomic E-state index is 10.0. The lowest BCUT2D eigenvalue weighted by atomic mass is 10.0. The Balaban J connectivity index is 2.32. The maximum Gasteiger partial charge on any atom is 0.125 e. The SMILES string of the molecule is CC(C)Nc1ccc(-c2ccccc2)c(O)c1. The smallest absolute Gasteiger partial charge is 0.125 e. The highest BCUT2D eigenvalue weighted by Crippen LogP contribution is 2.31. The van der Waals surface area contributed by atoms with E-state index in [1.807, 2.05) is 42.5 Å². The van der Waals surface area contributed by atoms with Gasteiger partial charge in [-0.25, -0.2) is 0 Å². The first kappa shape index (κ1) is 11.5. The lowest BCUT2D eigenvalue weighted by molar-refractivity contribution is 0.477. The van der Waals surface area contributed by atoms with E-state index in [-0.39, 0.29) is 0 Å². The van der Waals surface area contributed by atoms with Crippen LogP contribution >= 0.6 is 0 Å². The fourth-order valence-electron chi connectivity index (χ4n) is 1.82. The summed E-state index contributed by atoms with van der Waals surface area (Å²) in [5.41, 5.74) is 2.83. The van der Waals surface area contributed by atoms with Gasteiger partial charge in [-0.15, -0.1) is 0 Å². The Morgan fingerprint density at radius 1 is 1.00 bits per heavy atom. The van der Waals surface area contributed by atoms with Crippen LogP contribution in [0.5, 0.6) is 5.75 Å². The number of phenolic OH excluding ortho intramolecular Hbond substituents is 1. The van der Waals surface area contributed by atoms with Crippen molar-refractivity contribution in [2.45, 2.75) is 19.9 Å². The van der Waals surface area contributed by atoms with Crippen molar-refractivity contribution >= 4 is 5.69 Å². The first-order chi connectivity index (χ1) is 8.16. The summed E-state index contributed by atoms with van der Waals surface area (Å²) in [5, 5.41) is 13.3. The van der Waals surface area contributed by atoms with Crippen molar-refractivity contribution in [2.75, 3.05) is 5.32 Å². The van der Waals surface area contributed by atoms with Crippen LogP contribution in [0.15, 0.2) is 48.5 Å². The molecule has 0 fully saturated rings. The predicted molar refractivity (Wildman–Crippen MR) is 72.3 cm³/mol. The van der Waals surface area contributed by atoms with Crippen molar-refractivity contribution in [3.8, 4) is 16.9 Å². The Labute approximate surface area is 102 Å². The third-order valence-electron chi connectivity index (χ3n) is 2.54. The van der Waals surface area contributed by atoms with E-state index in [1.165, 1.54) is 0 Å². The van der Waals surface area contributed by atoms with Crippen LogP contribution in [0, 0.1) is 0 Å². The number of hydrogen-bond donors (Lipinski definition) is 2. The van der Waals surface area contributed by atoms with Gasteiger partial charge in [0.1, 0.15) is 5.75 Å². The van der Waals surface area contributed by atoms with Crippen LogP contribution in [0.4, 0.5) is 5.69 Å². The van der Waals surface area contributed by atoms with Gasteiger partial charge in [0.2, 0.25) is 0 Å². The molecule has 0 radical (unpaired) electrons. The molecule has 0 aliphatic heterocycles. The second-order valence-corrected chi connectivity index (χ2v) is 4.40. The quantitative estimate of drug-likeness (QED) is 0.834. The molecule has 0 atom stereocenters. The normalized spacial score (nSPS) is 10.5. The van der Waals surface area contributed by atoms with E-state index in [2.05, 4.69) is 19.2 Å². The van der Waals surface area contributed by atoms with Gasteiger partial charge in [0.05, 0.1) is 0 Å². The fraction of sp³-hybridized carbons (Fsp3) is 0.200. The van der Waals surface area contributed by atoms with Crippen LogP contribution < -0.4 is 5.32 Å². The van der Waals surface area contributed by atoms with Crippen molar-refractivity contribution in [1.29, 1.82) is 0 Å². The zero-order valence-corrected chi connectivity index (χ0v) is 10.1. The van der Waals surface area contributed by atoms with Crippen molar-refractivity contribution < 1.29 is 5.11 Å². The molecule has 0 saturated carbocycles. The highest BCUT2D eigenvalue weighted by Gasteiger charge is 2.05. The van der Waals surface area contributed by atoms with E-state index in [9.17, 15) is 5.11 Å². The van der Waals surface area contributed by atoms with E-state index in [1.54, 1.807) is 6.07 Å². The molecule has 88 valence electrons. The molecule has 2 aromatic rings. The molecular weight excluding hydrogens is 210 g/mol. The average Bonchev–Trinajstić information content (AvgIpc) is 2.29. The molecule has 0 unspecified atom stereocenters. The van der Waals surface area contributed by atoms with Crippen LogP contribution in [-0.2, 0) is 0 Å². The third-order valence-corrected chi connectivity index (χ3v) is 2.54. The minimum atomic E-state index is 0.307. The van der Waals surface area contributed by atoms with Crippen LogP contribution in [0.2, 0.25) is 0 Å². The number of rotatable bonds is 3. The summed E-state index contributed by atoms with van der Waals surface area (Å²) in [6.07, 6.45) is 0. The fourth-order valence-corrected chi connectivity index (χ4v) is 1.82. The standard InChI is InChI=1S/C15H17NO/c1-11(2)16-13-8-9-14(15(17)10-13)12-6-4-3-5-7-12/h3-11,16-17H,1-2H3. The van der Waals surface area contributed by atoms with Crippen molar-refractivity contribution in [1.82, 2.24) is 0 Å². The van der Waals surface area contributed by atoms with Gasteiger partial charge in [-0.1, -0.05) is 30.3 Å². The van der Waals surface area contributed by atoms with Gasteiger partial charge >= 0.3 is 0 Å². The largest absolute Gasteiger partial charge is 0.507 e. The Bertz CT molecular complexity index is 492. The van der Waals surface area contributed by atoms with Crippen LogP contribution in [-0.4, -0.2) is 11.1 Å². The minimum absolute atomic E-state index is 0.307. The summed E-state index contributed by atoms with van der Waals surface area (Å²) in [7, 11) is 0. The molecule has 2 N–H and O–H groups in total. The second kappa shape index (κ2) is 4.91. The van der Waals surface area contributed by atoms with E-state index >= 15 is 0 Å². The summed E-state index contributed by atoms with van der Waals surface area (Å²) in [6, 6.07) is 15.9. The minimum Gasteiger partial charge on any atom is -0.507 e. The molecule has 0 aliphatic rings. The van der Waals surface area contributed by atoms with Gasteiger partial charge in [-0.2, -0.15) is 0 Å². The number of phenols is 1. The predicted octanol–water partition coefficient (Wildman–Crippen LogP) is 3.88. The molecule has 2 rings (SSSR count).